The van der Waals surface area contributed by atoms with Gasteiger partial charge in [0.25, 0.3) is 0 Å². The molecule has 2 rings (SSSR count). The van der Waals surface area contributed by atoms with Crippen molar-refractivity contribution in [1.82, 2.24) is 0 Å². The SMILES string of the molecule is [Br-].[Mg+2].[c-]1ccc2c(c1)OCC2. The summed E-state index contributed by atoms with van der Waals surface area (Å²) in [7, 11) is 0. The second kappa shape index (κ2) is 5.01. The zero-order valence-corrected chi connectivity index (χ0v) is 9.14. The van der Waals surface area contributed by atoms with Crippen LogP contribution in [0.3, 0.4) is 0 Å². The molecule has 1 heterocycles. The zero-order valence-electron chi connectivity index (χ0n) is 6.14. The Labute approximate surface area is 93.1 Å². The van der Waals surface area contributed by atoms with Gasteiger partial charge in [-0.05, 0) is 6.42 Å². The van der Waals surface area contributed by atoms with Crippen molar-refractivity contribution in [2.45, 2.75) is 6.42 Å². The molecule has 1 aromatic carbocycles. The van der Waals surface area contributed by atoms with Gasteiger partial charge in [0.2, 0.25) is 0 Å². The largest absolute Gasteiger partial charge is 2.00 e. The first-order chi connectivity index (χ1) is 4.47. The second-order valence-corrected chi connectivity index (χ2v) is 2.13. The number of hydrogen-bond acceptors (Lipinski definition) is 1. The maximum atomic E-state index is 5.27. The van der Waals surface area contributed by atoms with E-state index in [1.54, 1.807) is 0 Å². The fraction of sp³-hybridized carbons (Fsp3) is 0.250. The van der Waals surface area contributed by atoms with E-state index in [2.05, 4.69) is 12.1 Å². The molecule has 11 heavy (non-hydrogen) atoms. The number of rotatable bonds is 0. The molecule has 1 aromatic rings. The van der Waals surface area contributed by atoms with Gasteiger partial charge in [0.05, 0.1) is 6.61 Å². The van der Waals surface area contributed by atoms with E-state index in [1.807, 2.05) is 12.1 Å². The number of halogens is 1. The minimum absolute atomic E-state index is 0. The van der Waals surface area contributed by atoms with Crippen LogP contribution in [-0.2, 0) is 6.42 Å². The summed E-state index contributed by atoms with van der Waals surface area (Å²) in [6.45, 7) is 0.840. The van der Waals surface area contributed by atoms with Crippen molar-refractivity contribution in [3.8, 4) is 5.75 Å². The first-order valence-electron chi connectivity index (χ1n) is 3.08. The molecule has 0 aliphatic carbocycles. The van der Waals surface area contributed by atoms with Crippen LogP contribution in [0.1, 0.15) is 5.56 Å². The first kappa shape index (κ1) is 11.3. The van der Waals surface area contributed by atoms with Crippen LogP contribution in [0.2, 0.25) is 0 Å². The van der Waals surface area contributed by atoms with Crippen LogP contribution in [0, 0.1) is 6.07 Å². The monoisotopic (exact) mass is 222 g/mol. The molecule has 0 atom stereocenters. The van der Waals surface area contributed by atoms with E-state index < -0.39 is 0 Å². The maximum absolute atomic E-state index is 5.27. The van der Waals surface area contributed by atoms with Crippen LogP contribution in [0.25, 0.3) is 0 Å². The summed E-state index contributed by atoms with van der Waals surface area (Å²) < 4.78 is 5.27. The van der Waals surface area contributed by atoms with Crippen molar-refractivity contribution < 1.29 is 21.7 Å². The summed E-state index contributed by atoms with van der Waals surface area (Å²) in [6, 6.07) is 8.84. The summed E-state index contributed by atoms with van der Waals surface area (Å²) in [5, 5.41) is 0. The van der Waals surface area contributed by atoms with Crippen LogP contribution in [0.4, 0.5) is 0 Å². The first-order valence-corrected chi connectivity index (χ1v) is 3.08. The Morgan fingerprint density at radius 1 is 1.45 bits per heavy atom. The zero-order chi connectivity index (χ0) is 6.10. The van der Waals surface area contributed by atoms with Crippen molar-refractivity contribution in [1.29, 1.82) is 0 Å². The minimum atomic E-state index is 0. The molecule has 0 radical (unpaired) electrons. The number of benzene rings is 1. The molecule has 54 valence electrons. The third kappa shape index (κ3) is 2.35. The van der Waals surface area contributed by atoms with E-state index in [9.17, 15) is 0 Å². The Bertz CT molecular complexity index is 204. The maximum Gasteiger partial charge on any atom is 2.00 e. The van der Waals surface area contributed by atoms with Gasteiger partial charge in [-0.1, -0.05) is 0 Å². The molecule has 0 bridgehead atoms. The molecule has 0 spiro atoms. The second-order valence-electron chi connectivity index (χ2n) is 2.13. The fourth-order valence-electron chi connectivity index (χ4n) is 1.06. The van der Waals surface area contributed by atoms with E-state index in [0.29, 0.717) is 0 Å². The molecule has 1 aliphatic heterocycles. The van der Waals surface area contributed by atoms with Gasteiger partial charge in [0.15, 0.2) is 0 Å². The Kier molecular flexibility index (Phi) is 5.13. The normalized spacial score (nSPS) is 12.0. The van der Waals surface area contributed by atoms with Crippen LogP contribution in [0.5, 0.6) is 5.75 Å². The molecular formula is C8H7BrMgO. The quantitative estimate of drug-likeness (QED) is 0.367. The molecular weight excluding hydrogens is 216 g/mol. The summed E-state index contributed by atoms with van der Waals surface area (Å²) in [5.41, 5.74) is 1.31. The predicted octanol–water partition coefficient (Wildman–Crippen LogP) is -1.96. The van der Waals surface area contributed by atoms with Crippen molar-refractivity contribution in [2.75, 3.05) is 6.61 Å². The van der Waals surface area contributed by atoms with Crippen molar-refractivity contribution in [2.24, 2.45) is 0 Å². The number of fused-ring (bicyclic) bond motifs is 1. The minimum Gasteiger partial charge on any atom is -1.00 e. The molecule has 0 amide bonds. The molecule has 0 fully saturated rings. The van der Waals surface area contributed by atoms with Gasteiger partial charge in [-0.15, -0.1) is 11.6 Å². The topological polar surface area (TPSA) is 9.23 Å². The fourth-order valence-corrected chi connectivity index (χ4v) is 1.06. The third-order valence-electron chi connectivity index (χ3n) is 1.54. The third-order valence-corrected chi connectivity index (χ3v) is 1.54. The Balaban J connectivity index is 0.000000500. The van der Waals surface area contributed by atoms with Crippen molar-refractivity contribution in [3.05, 3.63) is 29.8 Å². The van der Waals surface area contributed by atoms with Crippen LogP contribution in [-0.4, -0.2) is 29.7 Å². The average molecular weight is 223 g/mol. The molecule has 0 saturated heterocycles. The van der Waals surface area contributed by atoms with Gasteiger partial charge in [0, 0.05) is 5.75 Å². The molecule has 3 heteroatoms. The van der Waals surface area contributed by atoms with Crippen LogP contribution >= 0.6 is 0 Å². The van der Waals surface area contributed by atoms with Crippen molar-refractivity contribution in [3.63, 3.8) is 0 Å². The summed E-state index contributed by atoms with van der Waals surface area (Å²) >= 11 is 0. The van der Waals surface area contributed by atoms with Crippen LogP contribution in [0.15, 0.2) is 18.2 Å². The molecule has 0 aromatic heterocycles. The predicted molar refractivity (Wildman–Crippen MR) is 40.2 cm³/mol. The van der Waals surface area contributed by atoms with E-state index in [1.165, 1.54) is 5.56 Å². The summed E-state index contributed by atoms with van der Waals surface area (Å²) in [5.74, 6) is 1.01. The molecule has 0 saturated carbocycles. The van der Waals surface area contributed by atoms with Crippen LogP contribution < -0.4 is 21.7 Å². The molecule has 0 unspecified atom stereocenters. The van der Waals surface area contributed by atoms with E-state index in [0.717, 1.165) is 18.8 Å². The molecule has 1 nitrogen and oxygen atoms in total. The Hall–Kier alpha value is 0.266. The smallest absolute Gasteiger partial charge is 1.00 e. The van der Waals surface area contributed by atoms with Gasteiger partial charge in [-0.25, -0.2) is 0 Å². The molecule has 1 aliphatic rings. The van der Waals surface area contributed by atoms with Gasteiger partial charge in [0.1, 0.15) is 0 Å². The Morgan fingerprint density at radius 3 is 3.00 bits per heavy atom. The molecule has 0 N–H and O–H groups in total. The van der Waals surface area contributed by atoms with E-state index in [-0.39, 0.29) is 40.0 Å². The number of hydrogen-bond donors (Lipinski definition) is 0. The average Bonchev–Trinajstić information content (AvgIpc) is 2.33. The standard InChI is InChI=1S/C8H7O.BrH.Mg/c1-2-4-8-7(3-1)5-6-9-8;;/h1,3-4H,5-6H2;1H;/q-1;;+2/p-1. The van der Waals surface area contributed by atoms with E-state index >= 15 is 0 Å². The number of ether oxygens (including phenoxy) is 1. The summed E-state index contributed by atoms with van der Waals surface area (Å²) in [6.07, 6.45) is 1.06. The Morgan fingerprint density at radius 2 is 2.27 bits per heavy atom. The van der Waals surface area contributed by atoms with Gasteiger partial charge in [-0.3, -0.25) is 0 Å². The summed E-state index contributed by atoms with van der Waals surface area (Å²) in [4.78, 5) is 0. The van der Waals surface area contributed by atoms with Crippen molar-refractivity contribution >= 4 is 23.1 Å². The van der Waals surface area contributed by atoms with Gasteiger partial charge < -0.3 is 21.7 Å². The van der Waals surface area contributed by atoms with Gasteiger partial charge >= 0.3 is 23.1 Å². The van der Waals surface area contributed by atoms with E-state index in [4.69, 9.17) is 4.74 Å². The van der Waals surface area contributed by atoms with Gasteiger partial charge in [-0.2, -0.15) is 18.2 Å².